The zero-order valence-corrected chi connectivity index (χ0v) is 19.7. The standard InChI is InChI=1S/C27H29NO6/c1-4-32-27(30)25-23(24-20(29)6-5-7-22(24)34-26(25)28)17-10-13-21(31-3)18(14-17)15-33-19-11-8-16(2)9-12-19/h8-14,23H,4-7,15,28H2,1-3H3. The maximum absolute atomic E-state index is 13.0. The quantitative estimate of drug-likeness (QED) is 0.607. The van der Waals surface area contributed by atoms with Crippen LogP contribution in [0.5, 0.6) is 11.5 Å². The van der Waals surface area contributed by atoms with Crippen molar-refractivity contribution in [1.82, 2.24) is 0 Å². The Morgan fingerprint density at radius 1 is 1.15 bits per heavy atom. The number of aryl methyl sites for hydroxylation is 1. The number of Topliss-reactive ketones (excluding diaryl/α,β-unsaturated/α-hetero) is 1. The number of carbonyl (C=O) groups is 2. The minimum atomic E-state index is -0.681. The summed E-state index contributed by atoms with van der Waals surface area (Å²) in [6.45, 7) is 4.16. The van der Waals surface area contributed by atoms with Gasteiger partial charge in [-0.05, 0) is 50.1 Å². The summed E-state index contributed by atoms with van der Waals surface area (Å²) in [5.41, 5.74) is 9.45. The molecule has 0 amide bonds. The highest BCUT2D eigenvalue weighted by Crippen LogP contribution is 2.44. The van der Waals surface area contributed by atoms with E-state index in [2.05, 4.69) is 0 Å². The Hall–Kier alpha value is -3.74. The number of hydrogen-bond donors (Lipinski definition) is 1. The topological polar surface area (TPSA) is 97.1 Å². The molecule has 1 aliphatic heterocycles. The molecule has 2 aromatic carbocycles. The molecule has 1 heterocycles. The highest BCUT2D eigenvalue weighted by atomic mass is 16.5. The van der Waals surface area contributed by atoms with E-state index in [0.29, 0.717) is 36.3 Å². The molecule has 7 nitrogen and oxygen atoms in total. The molecular weight excluding hydrogens is 434 g/mol. The van der Waals surface area contributed by atoms with Crippen LogP contribution in [0.1, 0.15) is 48.8 Å². The van der Waals surface area contributed by atoms with E-state index >= 15 is 0 Å². The van der Waals surface area contributed by atoms with Crippen molar-refractivity contribution in [2.45, 2.75) is 45.6 Å². The number of rotatable bonds is 7. The zero-order chi connectivity index (χ0) is 24.2. The molecule has 0 fully saturated rings. The molecular formula is C27H29NO6. The molecule has 2 aliphatic rings. The van der Waals surface area contributed by atoms with E-state index in [-0.39, 0.29) is 30.5 Å². The summed E-state index contributed by atoms with van der Waals surface area (Å²) in [5.74, 6) is 0.552. The third kappa shape index (κ3) is 4.64. The molecule has 0 spiro atoms. The monoisotopic (exact) mass is 463 g/mol. The molecule has 178 valence electrons. The summed E-state index contributed by atoms with van der Waals surface area (Å²) in [7, 11) is 1.59. The average Bonchev–Trinajstić information content (AvgIpc) is 2.83. The Balaban J connectivity index is 1.75. The molecule has 4 rings (SSSR count). The fourth-order valence-electron chi connectivity index (χ4n) is 4.38. The fourth-order valence-corrected chi connectivity index (χ4v) is 4.38. The van der Waals surface area contributed by atoms with Crippen LogP contribution in [0, 0.1) is 6.92 Å². The summed E-state index contributed by atoms with van der Waals surface area (Å²) in [6.07, 6.45) is 1.67. The smallest absolute Gasteiger partial charge is 0.340 e. The van der Waals surface area contributed by atoms with E-state index in [4.69, 9.17) is 24.7 Å². The lowest BCUT2D eigenvalue weighted by Crippen LogP contribution is -2.31. The van der Waals surface area contributed by atoms with Crippen molar-refractivity contribution >= 4 is 11.8 Å². The van der Waals surface area contributed by atoms with Crippen molar-refractivity contribution in [3.05, 3.63) is 81.9 Å². The lowest BCUT2D eigenvalue weighted by atomic mass is 9.77. The maximum Gasteiger partial charge on any atom is 0.340 e. The molecule has 0 radical (unpaired) electrons. The third-order valence-corrected chi connectivity index (χ3v) is 6.03. The number of ether oxygens (including phenoxy) is 4. The van der Waals surface area contributed by atoms with Gasteiger partial charge in [0.15, 0.2) is 5.78 Å². The summed E-state index contributed by atoms with van der Waals surface area (Å²) in [4.78, 5) is 25.9. The Morgan fingerprint density at radius 2 is 1.91 bits per heavy atom. The van der Waals surface area contributed by atoms with Gasteiger partial charge in [0.2, 0.25) is 5.88 Å². The van der Waals surface area contributed by atoms with Crippen LogP contribution in [0.25, 0.3) is 0 Å². The van der Waals surface area contributed by atoms with E-state index < -0.39 is 11.9 Å². The molecule has 2 aromatic rings. The van der Waals surface area contributed by atoms with Crippen LogP contribution in [-0.2, 0) is 25.7 Å². The van der Waals surface area contributed by atoms with Crippen LogP contribution in [0.3, 0.4) is 0 Å². The summed E-state index contributed by atoms with van der Waals surface area (Å²) in [5, 5.41) is 0. The van der Waals surface area contributed by atoms with Crippen LogP contribution in [0.4, 0.5) is 0 Å². The van der Waals surface area contributed by atoms with Crippen molar-refractivity contribution in [1.29, 1.82) is 0 Å². The van der Waals surface area contributed by atoms with Crippen molar-refractivity contribution in [2.24, 2.45) is 5.73 Å². The van der Waals surface area contributed by atoms with Crippen LogP contribution in [0.2, 0.25) is 0 Å². The Labute approximate surface area is 199 Å². The van der Waals surface area contributed by atoms with Crippen molar-refractivity contribution in [3.63, 3.8) is 0 Å². The van der Waals surface area contributed by atoms with Gasteiger partial charge in [-0.3, -0.25) is 4.79 Å². The molecule has 34 heavy (non-hydrogen) atoms. The van der Waals surface area contributed by atoms with Gasteiger partial charge in [0, 0.05) is 24.0 Å². The second-order valence-electron chi connectivity index (χ2n) is 8.32. The van der Waals surface area contributed by atoms with E-state index in [1.54, 1.807) is 14.0 Å². The minimum Gasteiger partial charge on any atom is -0.496 e. The molecule has 7 heteroatoms. The second kappa shape index (κ2) is 10.0. The Kier molecular flexibility index (Phi) is 6.91. The normalized spacial score (nSPS) is 17.7. The number of methoxy groups -OCH3 is 1. The molecule has 1 aliphatic carbocycles. The summed E-state index contributed by atoms with van der Waals surface area (Å²) in [6, 6.07) is 13.3. The van der Waals surface area contributed by atoms with Gasteiger partial charge in [0.1, 0.15) is 29.4 Å². The van der Waals surface area contributed by atoms with Gasteiger partial charge in [-0.25, -0.2) is 4.79 Å². The van der Waals surface area contributed by atoms with Gasteiger partial charge >= 0.3 is 5.97 Å². The second-order valence-corrected chi connectivity index (χ2v) is 8.32. The molecule has 0 bridgehead atoms. The predicted molar refractivity (Wildman–Crippen MR) is 126 cm³/mol. The summed E-state index contributed by atoms with van der Waals surface area (Å²) >= 11 is 0. The SMILES string of the molecule is CCOC(=O)C1=C(N)OC2=C(C(=O)CCC2)C1c1ccc(OC)c(COc2ccc(C)cc2)c1. The van der Waals surface area contributed by atoms with Crippen molar-refractivity contribution < 1.29 is 28.5 Å². The number of ketones is 1. The van der Waals surface area contributed by atoms with Gasteiger partial charge in [0.05, 0.1) is 19.6 Å². The number of carbonyl (C=O) groups excluding carboxylic acids is 2. The number of benzene rings is 2. The lowest BCUT2D eigenvalue weighted by Gasteiger charge is -2.32. The van der Waals surface area contributed by atoms with Gasteiger partial charge in [-0.15, -0.1) is 0 Å². The first-order valence-electron chi connectivity index (χ1n) is 11.4. The molecule has 2 N–H and O–H groups in total. The number of hydrogen-bond acceptors (Lipinski definition) is 7. The highest BCUT2D eigenvalue weighted by molar-refractivity contribution is 6.03. The number of esters is 1. The molecule has 1 unspecified atom stereocenters. The zero-order valence-electron chi connectivity index (χ0n) is 19.7. The first kappa shape index (κ1) is 23.4. The van der Waals surface area contributed by atoms with Crippen molar-refractivity contribution in [2.75, 3.05) is 13.7 Å². The highest BCUT2D eigenvalue weighted by Gasteiger charge is 2.41. The molecule has 1 atom stereocenters. The van der Waals surface area contributed by atoms with Gasteiger partial charge in [-0.2, -0.15) is 0 Å². The van der Waals surface area contributed by atoms with Gasteiger partial charge < -0.3 is 24.7 Å². The van der Waals surface area contributed by atoms with E-state index in [9.17, 15) is 9.59 Å². The fraction of sp³-hybridized carbons (Fsp3) is 0.333. The van der Waals surface area contributed by atoms with Gasteiger partial charge in [-0.1, -0.05) is 23.8 Å². The largest absolute Gasteiger partial charge is 0.496 e. The maximum atomic E-state index is 13.0. The first-order chi connectivity index (χ1) is 16.4. The van der Waals surface area contributed by atoms with Crippen LogP contribution < -0.4 is 15.2 Å². The third-order valence-electron chi connectivity index (χ3n) is 6.03. The van der Waals surface area contributed by atoms with Crippen molar-refractivity contribution in [3.8, 4) is 11.5 Å². The number of allylic oxidation sites excluding steroid dienone is 2. The lowest BCUT2D eigenvalue weighted by molar-refractivity contribution is -0.139. The van der Waals surface area contributed by atoms with E-state index in [1.807, 2.05) is 49.4 Å². The Morgan fingerprint density at radius 3 is 2.62 bits per heavy atom. The minimum absolute atomic E-state index is 0.0230. The predicted octanol–water partition coefficient (Wildman–Crippen LogP) is 4.44. The van der Waals surface area contributed by atoms with Gasteiger partial charge in [0.25, 0.3) is 0 Å². The number of nitrogens with two attached hydrogens (primary N) is 1. The first-order valence-corrected chi connectivity index (χ1v) is 11.4. The molecule has 0 aromatic heterocycles. The average molecular weight is 464 g/mol. The summed E-state index contributed by atoms with van der Waals surface area (Å²) < 4.78 is 22.5. The Bertz CT molecular complexity index is 1160. The van der Waals surface area contributed by atoms with E-state index in [1.165, 1.54) is 0 Å². The molecule has 0 saturated heterocycles. The molecule has 0 saturated carbocycles. The van der Waals surface area contributed by atoms with E-state index in [0.717, 1.165) is 22.4 Å². The van der Waals surface area contributed by atoms with Crippen LogP contribution >= 0.6 is 0 Å². The van der Waals surface area contributed by atoms with Crippen LogP contribution in [-0.4, -0.2) is 25.5 Å². The van der Waals surface area contributed by atoms with Crippen LogP contribution in [0.15, 0.2) is 65.3 Å².